The molecule has 0 aromatic carbocycles. The number of amides is 1. The lowest BCUT2D eigenvalue weighted by Crippen LogP contribution is -2.63. The third kappa shape index (κ3) is 4.48. The minimum atomic E-state index is -4.66. The standard InChI is InChI=1S/C11H17F3N2O3S/c1-9(2,3)19-8(17)16-7(20)15-6-4-10(18,5-6)11(12,13)14/h6,18H,4-5H2,1-3H3,(H2,15,16,17,20). The second kappa shape index (κ2) is 5.36. The third-order valence-electron chi connectivity index (χ3n) is 2.65. The van der Waals surface area contributed by atoms with Gasteiger partial charge in [0.1, 0.15) is 5.60 Å². The van der Waals surface area contributed by atoms with Crippen molar-refractivity contribution in [2.75, 3.05) is 0 Å². The summed E-state index contributed by atoms with van der Waals surface area (Å²) >= 11 is 4.78. The van der Waals surface area contributed by atoms with Crippen LogP contribution in [0.15, 0.2) is 0 Å². The summed E-state index contributed by atoms with van der Waals surface area (Å²) < 4.78 is 42.1. The molecule has 9 heteroatoms. The number of nitrogens with one attached hydrogen (secondary N) is 2. The van der Waals surface area contributed by atoms with E-state index < -0.39 is 42.4 Å². The van der Waals surface area contributed by atoms with Crippen molar-refractivity contribution in [1.82, 2.24) is 10.6 Å². The maximum atomic E-state index is 12.4. The number of aliphatic hydroxyl groups is 1. The molecule has 1 fully saturated rings. The van der Waals surface area contributed by atoms with Gasteiger partial charge >= 0.3 is 12.3 Å². The van der Waals surface area contributed by atoms with Gasteiger partial charge in [0.05, 0.1) is 0 Å². The molecule has 0 aromatic rings. The fourth-order valence-corrected chi connectivity index (χ4v) is 1.96. The number of hydrogen-bond donors (Lipinski definition) is 3. The SMILES string of the molecule is CC(C)(C)OC(=O)NC(=S)NC1CC(O)(C(F)(F)F)C1. The van der Waals surface area contributed by atoms with Crippen LogP contribution in [0.25, 0.3) is 0 Å². The van der Waals surface area contributed by atoms with E-state index >= 15 is 0 Å². The number of rotatable bonds is 1. The summed E-state index contributed by atoms with van der Waals surface area (Å²) in [4.78, 5) is 11.4. The van der Waals surface area contributed by atoms with Gasteiger partial charge in [-0.3, -0.25) is 5.32 Å². The molecule has 116 valence electrons. The van der Waals surface area contributed by atoms with Gasteiger partial charge < -0.3 is 15.2 Å². The average Bonchev–Trinajstić information content (AvgIpc) is 2.08. The van der Waals surface area contributed by atoms with E-state index in [9.17, 15) is 23.1 Å². The molecule has 0 aromatic heterocycles. The van der Waals surface area contributed by atoms with Gasteiger partial charge in [0.15, 0.2) is 10.7 Å². The Bertz CT molecular complexity index is 401. The van der Waals surface area contributed by atoms with Crippen molar-refractivity contribution >= 4 is 23.4 Å². The van der Waals surface area contributed by atoms with Crippen LogP contribution in [0.5, 0.6) is 0 Å². The molecule has 0 unspecified atom stereocenters. The molecule has 20 heavy (non-hydrogen) atoms. The molecule has 1 aliphatic rings. The van der Waals surface area contributed by atoms with Crippen LogP contribution in [0.2, 0.25) is 0 Å². The van der Waals surface area contributed by atoms with Gasteiger partial charge in [-0.05, 0) is 33.0 Å². The summed E-state index contributed by atoms with van der Waals surface area (Å²) in [6.45, 7) is 5.00. The van der Waals surface area contributed by atoms with Crippen LogP contribution in [0.4, 0.5) is 18.0 Å². The van der Waals surface area contributed by atoms with Gasteiger partial charge in [-0.2, -0.15) is 13.2 Å². The predicted molar refractivity (Wildman–Crippen MR) is 69.1 cm³/mol. The Morgan fingerprint density at radius 2 is 1.85 bits per heavy atom. The summed E-state index contributed by atoms with van der Waals surface area (Å²) in [6, 6.07) is -0.635. The Hall–Kier alpha value is -1.09. The smallest absolute Gasteiger partial charge is 0.417 e. The minimum Gasteiger partial charge on any atom is -0.444 e. The van der Waals surface area contributed by atoms with Crippen molar-refractivity contribution in [2.24, 2.45) is 0 Å². The van der Waals surface area contributed by atoms with Crippen LogP contribution < -0.4 is 10.6 Å². The van der Waals surface area contributed by atoms with Crippen molar-refractivity contribution in [3.63, 3.8) is 0 Å². The Morgan fingerprint density at radius 3 is 2.25 bits per heavy atom. The average molecular weight is 314 g/mol. The molecule has 0 radical (unpaired) electrons. The number of thiocarbonyl (C=S) groups is 1. The maximum absolute atomic E-state index is 12.4. The normalized spacial score (nSPS) is 26.4. The van der Waals surface area contributed by atoms with Crippen molar-refractivity contribution in [3.05, 3.63) is 0 Å². The van der Waals surface area contributed by atoms with Crippen molar-refractivity contribution in [1.29, 1.82) is 0 Å². The highest BCUT2D eigenvalue weighted by molar-refractivity contribution is 7.80. The lowest BCUT2D eigenvalue weighted by atomic mass is 9.75. The number of halogens is 3. The molecular weight excluding hydrogens is 297 g/mol. The van der Waals surface area contributed by atoms with Gasteiger partial charge in [-0.15, -0.1) is 0 Å². The highest BCUT2D eigenvalue weighted by Gasteiger charge is 2.61. The van der Waals surface area contributed by atoms with Crippen molar-refractivity contribution < 1.29 is 27.8 Å². The van der Waals surface area contributed by atoms with E-state index in [1.165, 1.54) is 0 Å². The monoisotopic (exact) mass is 314 g/mol. The number of alkyl carbamates (subject to hydrolysis) is 1. The summed E-state index contributed by atoms with van der Waals surface area (Å²) in [7, 11) is 0. The van der Waals surface area contributed by atoms with Crippen LogP contribution in [0.1, 0.15) is 33.6 Å². The van der Waals surface area contributed by atoms with E-state index in [1.54, 1.807) is 20.8 Å². The molecule has 3 N–H and O–H groups in total. The molecule has 0 saturated heterocycles. The van der Waals surface area contributed by atoms with E-state index in [2.05, 4.69) is 10.6 Å². The molecule has 0 heterocycles. The third-order valence-corrected chi connectivity index (χ3v) is 2.87. The number of hydrogen-bond acceptors (Lipinski definition) is 4. The molecular formula is C11H17F3N2O3S. The molecule has 1 rings (SSSR count). The summed E-state index contributed by atoms with van der Waals surface area (Å²) in [5.74, 6) is 0. The van der Waals surface area contributed by atoms with Crippen LogP contribution in [0.3, 0.4) is 0 Å². The first-order valence-corrected chi connectivity index (χ1v) is 6.33. The molecule has 0 bridgehead atoms. The molecule has 1 saturated carbocycles. The Kier molecular flexibility index (Phi) is 4.55. The zero-order valence-electron chi connectivity index (χ0n) is 11.3. The quantitative estimate of drug-likeness (QED) is 0.644. The van der Waals surface area contributed by atoms with Crippen molar-refractivity contribution in [2.45, 2.75) is 57.0 Å². The summed E-state index contributed by atoms with van der Waals surface area (Å²) in [6.07, 6.45) is -6.47. The number of carbonyl (C=O) groups is 1. The Morgan fingerprint density at radius 1 is 1.35 bits per heavy atom. The first-order valence-electron chi connectivity index (χ1n) is 5.92. The minimum absolute atomic E-state index is 0.131. The van der Waals surface area contributed by atoms with Gasteiger partial charge in [0, 0.05) is 18.9 Å². The molecule has 0 aliphatic heterocycles. The fraction of sp³-hybridized carbons (Fsp3) is 0.818. The van der Waals surface area contributed by atoms with Crippen LogP contribution >= 0.6 is 12.2 Å². The van der Waals surface area contributed by atoms with E-state index in [4.69, 9.17) is 17.0 Å². The van der Waals surface area contributed by atoms with Crippen LogP contribution in [-0.2, 0) is 4.74 Å². The van der Waals surface area contributed by atoms with Gasteiger partial charge in [-0.25, -0.2) is 4.79 Å². The Balaban J connectivity index is 2.35. The number of carbonyl (C=O) groups excluding carboxylic acids is 1. The summed E-state index contributed by atoms with van der Waals surface area (Å²) in [5.41, 5.74) is -3.38. The largest absolute Gasteiger partial charge is 0.444 e. The highest BCUT2D eigenvalue weighted by Crippen LogP contribution is 2.45. The Labute approximate surface area is 119 Å². The zero-order valence-corrected chi connectivity index (χ0v) is 12.1. The fourth-order valence-electron chi connectivity index (χ4n) is 1.71. The number of alkyl halides is 3. The zero-order chi connectivity index (χ0) is 15.8. The predicted octanol–water partition coefficient (Wildman–Crippen LogP) is 1.84. The second-order valence-electron chi connectivity index (χ2n) is 5.73. The van der Waals surface area contributed by atoms with Crippen LogP contribution in [0, 0.1) is 0 Å². The van der Waals surface area contributed by atoms with Gasteiger partial charge in [-0.1, -0.05) is 0 Å². The van der Waals surface area contributed by atoms with Crippen molar-refractivity contribution in [3.8, 4) is 0 Å². The second-order valence-corrected chi connectivity index (χ2v) is 6.14. The number of ether oxygens (including phenoxy) is 1. The molecule has 1 aliphatic carbocycles. The van der Waals surface area contributed by atoms with E-state index in [-0.39, 0.29) is 5.11 Å². The summed E-state index contributed by atoms with van der Waals surface area (Å²) in [5, 5.41) is 13.8. The van der Waals surface area contributed by atoms with Gasteiger partial charge in [0.2, 0.25) is 0 Å². The topological polar surface area (TPSA) is 70.6 Å². The van der Waals surface area contributed by atoms with Crippen LogP contribution in [-0.4, -0.2) is 39.7 Å². The highest BCUT2D eigenvalue weighted by atomic mass is 32.1. The van der Waals surface area contributed by atoms with E-state index in [0.29, 0.717) is 0 Å². The molecule has 1 amide bonds. The van der Waals surface area contributed by atoms with E-state index in [1.807, 2.05) is 0 Å². The lowest BCUT2D eigenvalue weighted by Gasteiger charge is -2.44. The van der Waals surface area contributed by atoms with Gasteiger partial charge in [0.25, 0.3) is 0 Å². The molecule has 0 spiro atoms. The molecule has 5 nitrogen and oxygen atoms in total. The first kappa shape index (κ1) is 17.0. The maximum Gasteiger partial charge on any atom is 0.417 e. The molecule has 0 atom stereocenters. The lowest BCUT2D eigenvalue weighted by molar-refractivity contribution is -0.291. The first-order chi connectivity index (χ1) is 8.82. The van der Waals surface area contributed by atoms with E-state index in [0.717, 1.165) is 0 Å².